The first-order valence-corrected chi connectivity index (χ1v) is 8.36. The Kier molecular flexibility index (Phi) is 6.45. The smallest absolute Gasteiger partial charge is 0.408 e. The van der Waals surface area contributed by atoms with Gasteiger partial charge in [0.05, 0.1) is 18.8 Å². The molecule has 134 valence electrons. The molecule has 0 spiro atoms. The molecular weight excluding hydrogens is 296 g/mol. The summed E-state index contributed by atoms with van der Waals surface area (Å²) in [6.45, 7) is 14.9. The maximum absolute atomic E-state index is 13.0. The third kappa shape index (κ3) is 5.68. The minimum absolute atomic E-state index is 0.0219. The van der Waals surface area contributed by atoms with E-state index in [0.717, 1.165) is 6.42 Å². The molecule has 6 heteroatoms. The summed E-state index contributed by atoms with van der Waals surface area (Å²) in [4.78, 5) is 26.9. The lowest BCUT2D eigenvalue weighted by molar-refractivity contribution is -0.149. The zero-order chi connectivity index (χ0) is 17.8. The predicted molar refractivity (Wildman–Crippen MR) is 89.2 cm³/mol. The second kappa shape index (κ2) is 7.51. The first-order valence-electron chi connectivity index (χ1n) is 8.36. The number of carbonyl (C=O) groups excluding carboxylic acids is 2. The molecule has 1 aliphatic rings. The quantitative estimate of drug-likeness (QED) is 0.861. The van der Waals surface area contributed by atoms with Crippen LogP contribution in [0.2, 0.25) is 0 Å². The van der Waals surface area contributed by atoms with Crippen LogP contribution in [-0.4, -0.2) is 53.8 Å². The molecule has 1 saturated heterocycles. The second-order valence-corrected chi connectivity index (χ2v) is 7.86. The molecule has 23 heavy (non-hydrogen) atoms. The third-order valence-electron chi connectivity index (χ3n) is 4.06. The van der Waals surface area contributed by atoms with E-state index >= 15 is 0 Å². The van der Waals surface area contributed by atoms with E-state index in [4.69, 9.17) is 9.47 Å². The molecule has 1 rings (SSSR count). The summed E-state index contributed by atoms with van der Waals surface area (Å²) >= 11 is 0. The van der Waals surface area contributed by atoms with Crippen LogP contribution < -0.4 is 5.32 Å². The molecule has 0 aliphatic carbocycles. The van der Waals surface area contributed by atoms with Gasteiger partial charge in [0.25, 0.3) is 0 Å². The average Bonchev–Trinajstić information content (AvgIpc) is 2.41. The van der Waals surface area contributed by atoms with Crippen molar-refractivity contribution in [2.24, 2.45) is 5.92 Å². The summed E-state index contributed by atoms with van der Waals surface area (Å²) < 4.78 is 10.8. The largest absolute Gasteiger partial charge is 0.444 e. The van der Waals surface area contributed by atoms with E-state index in [1.807, 2.05) is 32.6 Å². The second-order valence-electron chi connectivity index (χ2n) is 7.86. The van der Waals surface area contributed by atoms with Gasteiger partial charge in [0.15, 0.2) is 0 Å². The molecule has 0 radical (unpaired) electrons. The van der Waals surface area contributed by atoms with Crippen LogP contribution in [0.3, 0.4) is 0 Å². The molecule has 2 unspecified atom stereocenters. The molecule has 0 aromatic heterocycles. The van der Waals surface area contributed by atoms with Crippen LogP contribution in [0, 0.1) is 5.92 Å². The van der Waals surface area contributed by atoms with Crippen LogP contribution in [0.1, 0.15) is 54.9 Å². The van der Waals surface area contributed by atoms with Gasteiger partial charge in [0.1, 0.15) is 11.6 Å². The van der Waals surface area contributed by atoms with Crippen LogP contribution >= 0.6 is 0 Å². The van der Waals surface area contributed by atoms with E-state index in [0.29, 0.717) is 19.8 Å². The van der Waals surface area contributed by atoms with E-state index in [9.17, 15) is 9.59 Å². The number of amides is 2. The number of hydrogen-bond donors (Lipinski definition) is 1. The van der Waals surface area contributed by atoms with Crippen molar-refractivity contribution in [3.63, 3.8) is 0 Å². The summed E-state index contributed by atoms with van der Waals surface area (Å²) in [6.07, 6.45) is 0.235. The molecule has 6 nitrogen and oxygen atoms in total. The number of ether oxygens (including phenoxy) is 2. The molecule has 0 aromatic carbocycles. The maximum atomic E-state index is 13.0. The van der Waals surface area contributed by atoms with Crippen LogP contribution in [0.15, 0.2) is 0 Å². The van der Waals surface area contributed by atoms with E-state index in [1.165, 1.54) is 0 Å². The Balaban J connectivity index is 2.88. The van der Waals surface area contributed by atoms with Crippen molar-refractivity contribution in [2.45, 2.75) is 72.1 Å². The fourth-order valence-electron chi connectivity index (χ4n) is 2.55. The van der Waals surface area contributed by atoms with Gasteiger partial charge in [-0.2, -0.15) is 0 Å². The van der Waals surface area contributed by atoms with Crippen molar-refractivity contribution in [1.82, 2.24) is 10.2 Å². The molecule has 1 aliphatic heterocycles. The number of hydrogen-bond acceptors (Lipinski definition) is 4. The molecule has 0 saturated carbocycles. The highest BCUT2D eigenvalue weighted by atomic mass is 16.6. The van der Waals surface area contributed by atoms with Crippen molar-refractivity contribution < 1.29 is 19.1 Å². The number of carbonyl (C=O) groups is 2. The van der Waals surface area contributed by atoms with E-state index in [2.05, 4.69) is 5.32 Å². The Morgan fingerprint density at radius 2 is 1.96 bits per heavy atom. The number of nitrogens with one attached hydrogen (secondary N) is 1. The van der Waals surface area contributed by atoms with Crippen LogP contribution in [0.4, 0.5) is 4.79 Å². The highest BCUT2D eigenvalue weighted by Crippen LogP contribution is 2.22. The van der Waals surface area contributed by atoms with Crippen molar-refractivity contribution in [3.05, 3.63) is 0 Å². The molecule has 2 amide bonds. The zero-order valence-corrected chi connectivity index (χ0v) is 15.6. The molecular formula is C17H32N2O4. The Morgan fingerprint density at radius 3 is 2.43 bits per heavy atom. The molecule has 0 bridgehead atoms. The number of nitrogens with zero attached hydrogens (tertiary/aromatic N) is 1. The van der Waals surface area contributed by atoms with Crippen molar-refractivity contribution in [1.29, 1.82) is 0 Å². The van der Waals surface area contributed by atoms with Gasteiger partial charge in [0, 0.05) is 6.54 Å². The first-order chi connectivity index (χ1) is 10.5. The molecule has 1 heterocycles. The Hall–Kier alpha value is -1.30. The number of morpholine rings is 1. The normalized spacial score (nSPS) is 20.6. The molecule has 1 N–H and O–H groups in total. The fourth-order valence-corrected chi connectivity index (χ4v) is 2.55. The van der Waals surface area contributed by atoms with Gasteiger partial charge >= 0.3 is 6.09 Å². The van der Waals surface area contributed by atoms with Gasteiger partial charge < -0.3 is 19.7 Å². The van der Waals surface area contributed by atoms with E-state index in [1.54, 1.807) is 20.8 Å². The van der Waals surface area contributed by atoms with Gasteiger partial charge in [-0.05, 0) is 40.5 Å². The summed E-state index contributed by atoms with van der Waals surface area (Å²) in [5.74, 6) is -0.0489. The number of rotatable bonds is 4. The zero-order valence-electron chi connectivity index (χ0n) is 15.6. The van der Waals surface area contributed by atoms with Crippen molar-refractivity contribution in [2.75, 3.05) is 19.8 Å². The average molecular weight is 328 g/mol. The molecule has 0 aromatic rings. The third-order valence-corrected chi connectivity index (χ3v) is 4.06. The van der Waals surface area contributed by atoms with Crippen molar-refractivity contribution in [3.8, 4) is 0 Å². The van der Waals surface area contributed by atoms with Gasteiger partial charge in [-0.15, -0.1) is 0 Å². The lowest BCUT2D eigenvalue weighted by Crippen LogP contribution is -2.61. The van der Waals surface area contributed by atoms with Gasteiger partial charge in [-0.3, -0.25) is 4.79 Å². The Morgan fingerprint density at radius 1 is 1.35 bits per heavy atom. The van der Waals surface area contributed by atoms with Gasteiger partial charge in [-0.25, -0.2) is 4.79 Å². The Bertz CT molecular complexity index is 429. The minimum atomic E-state index is -0.592. The number of alkyl carbamates (subject to hydrolysis) is 1. The maximum Gasteiger partial charge on any atom is 0.408 e. The van der Waals surface area contributed by atoms with Crippen molar-refractivity contribution >= 4 is 12.0 Å². The molecule has 1 fully saturated rings. The summed E-state index contributed by atoms with van der Waals surface area (Å²) in [6, 6.07) is -0.591. The van der Waals surface area contributed by atoms with Crippen LogP contribution in [0.25, 0.3) is 0 Å². The topological polar surface area (TPSA) is 67.9 Å². The lowest BCUT2D eigenvalue weighted by atomic mass is 9.94. The van der Waals surface area contributed by atoms with Crippen LogP contribution in [-0.2, 0) is 14.3 Å². The summed E-state index contributed by atoms with van der Waals surface area (Å²) in [7, 11) is 0. The Labute approximate surface area is 139 Å². The SMILES string of the molecule is CCC(C)C(NC(=O)OC(C)(C)C)C(=O)N1CCOCC1(C)C. The standard InChI is InChI=1S/C17H32N2O4/c1-8-12(2)13(18-15(21)23-16(3,4)5)14(20)19-9-10-22-11-17(19,6)7/h12-13H,8-11H2,1-7H3,(H,18,21). The highest BCUT2D eigenvalue weighted by Gasteiger charge is 2.39. The summed E-state index contributed by atoms with van der Waals surface area (Å²) in [5, 5.41) is 2.77. The van der Waals surface area contributed by atoms with Gasteiger partial charge in [0.2, 0.25) is 5.91 Å². The monoisotopic (exact) mass is 328 g/mol. The highest BCUT2D eigenvalue weighted by molar-refractivity contribution is 5.86. The fraction of sp³-hybridized carbons (Fsp3) is 0.882. The van der Waals surface area contributed by atoms with E-state index in [-0.39, 0.29) is 17.4 Å². The first kappa shape index (κ1) is 19.7. The van der Waals surface area contributed by atoms with Crippen LogP contribution in [0.5, 0.6) is 0 Å². The summed E-state index contributed by atoms with van der Waals surface area (Å²) in [5.41, 5.74) is -0.970. The minimum Gasteiger partial charge on any atom is -0.444 e. The molecule has 2 atom stereocenters. The van der Waals surface area contributed by atoms with E-state index < -0.39 is 17.7 Å². The predicted octanol–water partition coefficient (Wildman–Crippen LogP) is 2.56. The van der Waals surface area contributed by atoms with Gasteiger partial charge in [-0.1, -0.05) is 20.3 Å². The lowest BCUT2D eigenvalue weighted by Gasteiger charge is -2.44.